The third kappa shape index (κ3) is 5.33. The lowest BCUT2D eigenvalue weighted by molar-refractivity contribution is 0.0781. The molecule has 1 aliphatic rings. The normalized spacial score (nSPS) is 16.2. The molecule has 216 valence electrons. The van der Waals surface area contributed by atoms with Gasteiger partial charge in [-0.1, -0.05) is 20.8 Å². The van der Waals surface area contributed by atoms with Gasteiger partial charge in [0.1, 0.15) is 11.5 Å². The third-order valence-corrected chi connectivity index (χ3v) is 9.06. The van der Waals surface area contributed by atoms with Gasteiger partial charge in [-0.3, -0.25) is 14.6 Å². The molecule has 3 N–H and O–H groups in total. The first kappa shape index (κ1) is 28.4. The number of hydrogen-bond acceptors (Lipinski definition) is 6. The standard InChI is InChI=1S/C30H35N5O5S/c1-16-24(27(36)31-5)19-8-7-18(13-21(19)34(16)6)40-22-9-11-32-20-14-23(41-25(20)22)28(37)35-12-10-17(15-35)26(30(2,3)4)33-29(38)39/h7-9,11,13-14,17,26,33H,10,12,15H2,1-6H3,(H,31,36)(H,38,39). The molecule has 1 fully saturated rings. The Hall–Kier alpha value is -4.12. The largest absolute Gasteiger partial charge is 0.465 e. The molecule has 3 aromatic heterocycles. The van der Waals surface area contributed by atoms with Gasteiger partial charge in [-0.05, 0) is 42.9 Å². The molecule has 5 rings (SSSR count). The third-order valence-electron chi connectivity index (χ3n) is 7.93. The van der Waals surface area contributed by atoms with Crippen LogP contribution in [-0.2, 0) is 7.05 Å². The molecule has 10 nitrogen and oxygen atoms in total. The highest BCUT2D eigenvalue weighted by Crippen LogP contribution is 2.38. The number of benzene rings is 1. The SMILES string of the molecule is CNC(=O)c1c(C)n(C)c2cc(Oc3ccnc4cc(C(=O)N5CCC(C(NC(=O)O)C(C)(C)C)C5)sc34)ccc12. The molecule has 41 heavy (non-hydrogen) atoms. The number of carbonyl (C=O) groups is 3. The monoisotopic (exact) mass is 577 g/mol. The Morgan fingerprint density at radius 1 is 1.20 bits per heavy atom. The van der Waals surface area contributed by atoms with Crippen molar-refractivity contribution < 1.29 is 24.2 Å². The summed E-state index contributed by atoms with van der Waals surface area (Å²) in [6.45, 7) is 8.99. The van der Waals surface area contributed by atoms with Gasteiger partial charge in [-0.15, -0.1) is 11.3 Å². The fourth-order valence-corrected chi connectivity index (χ4v) is 6.85. The minimum absolute atomic E-state index is 0.0291. The van der Waals surface area contributed by atoms with Crippen molar-refractivity contribution in [3.63, 3.8) is 0 Å². The summed E-state index contributed by atoms with van der Waals surface area (Å²) < 4.78 is 9.03. The van der Waals surface area contributed by atoms with E-state index in [1.165, 1.54) is 11.3 Å². The number of pyridine rings is 1. The van der Waals surface area contributed by atoms with Gasteiger partial charge in [0.25, 0.3) is 11.8 Å². The maximum Gasteiger partial charge on any atom is 0.404 e. The first-order chi connectivity index (χ1) is 19.4. The Labute approximate surface area is 242 Å². The highest BCUT2D eigenvalue weighted by atomic mass is 32.1. The van der Waals surface area contributed by atoms with Gasteiger partial charge in [-0.2, -0.15) is 0 Å². The molecule has 4 heterocycles. The molecule has 11 heteroatoms. The quantitative estimate of drug-likeness (QED) is 0.282. The highest BCUT2D eigenvalue weighted by molar-refractivity contribution is 7.21. The molecule has 0 radical (unpaired) electrons. The maximum absolute atomic E-state index is 13.5. The van der Waals surface area contributed by atoms with Crippen LogP contribution in [0.1, 0.15) is 52.9 Å². The van der Waals surface area contributed by atoms with Crippen molar-refractivity contribution in [1.82, 2.24) is 25.1 Å². The highest BCUT2D eigenvalue weighted by Gasteiger charge is 2.39. The van der Waals surface area contributed by atoms with E-state index in [2.05, 4.69) is 15.6 Å². The van der Waals surface area contributed by atoms with Crippen molar-refractivity contribution in [2.24, 2.45) is 18.4 Å². The predicted octanol–water partition coefficient (Wildman–Crippen LogP) is 5.39. The van der Waals surface area contributed by atoms with Gasteiger partial charge in [0.2, 0.25) is 0 Å². The Kier molecular flexibility index (Phi) is 7.41. The van der Waals surface area contributed by atoms with E-state index in [9.17, 15) is 19.5 Å². The van der Waals surface area contributed by atoms with Gasteiger partial charge >= 0.3 is 6.09 Å². The second-order valence-corrected chi connectivity index (χ2v) is 12.7. The zero-order valence-electron chi connectivity index (χ0n) is 24.1. The predicted molar refractivity (Wildman–Crippen MR) is 159 cm³/mol. The number of ether oxygens (including phenoxy) is 1. The van der Waals surface area contributed by atoms with Crippen LogP contribution in [0.2, 0.25) is 0 Å². The summed E-state index contributed by atoms with van der Waals surface area (Å²) in [5, 5.41) is 15.6. The second kappa shape index (κ2) is 10.7. The van der Waals surface area contributed by atoms with Crippen molar-refractivity contribution in [2.45, 2.75) is 40.2 Å². The van der Waals surface area contributed by atoms with Crippen molar-refractivity contribution in [3.05, 3.63) is 52.7 Å². The Morgan fingerprint density at radius 3 is 2.63 bits per heavy atom. The van der Waals surface area contributed by atoms with E-state index >= 15 is 0 Å². The molecule has 2 unspecified atom stereocenters. The first-order valence-corrected chi connectivity index (χ1v) is 14.4. The molecular formula is C30H35N5O5S. The Bertz CT molecular complexity index is 1670. The van der Waals surface area contributed by atoms with Crippen molar-refractivity contribution in [1.29, 1.82) is 0 Å². The average molecular weight is 578 g/mol. The molecular weight excluding hydrogens is 542 g/mol. The zero-order valence-corrected chi connectivity index (χ0v) is 24.9. The molecule has 4 aromatic rings. The zero-order chi connectivity index (χ0) is 29.6. The van der Waals surface area contributed by atoms with Gasteiger partial charge < -0.3 is 29.9 Å². The Balaban J connectivity index is 1.39. The minimum Gasteiger partial charge on any atom is -0.465 e. The molecule has 1 saturated heterocycles. The number of aryl methyl sites for hydroxylation is 1. The van der Waals surface area contributed by atoms with Crippen molar-refractivity contribution >= 4 is 50.4 Å². The number of amides is 3. The van der Waals surface area contributed by atoms with Crippen LogP contribution in [0.5, 0.6) is 11.5 Å². The molecule has 0 bridgehead atoms. The molecule has 0 spiro atoms. The second-order valence-electron chi connectivity index (χ2n) is 11.6. The average Bonchev–Trinajstić information content (AvgIpc) is 3.64. The summed E-state index contributed by atoms with van der Waals surface area (Å²) in [4.78, 5) is 44.2. The van der Waals surface area contributed by atoms with E-state index in [1.54, 1.807) is 30.3 Å². The fourth-order valence-electron chi connectivity index (χ4n) is 5.82. The van der Waals surface area contributed by atoms with Crippen LogP contribution in [0, 0.1) is 18.3 Å². The van der Waals surface area contributed by atoms with E-state index in [0.29, 0.717) is 40.5 Å². The number of hydrogen-bond donors (Lipinski definition) is 3. The maximum atomic E-state index is 13.5. The number of nitrogens with zero attached hydrogens (tertiary/aromatic N) is 3. The van der Waals surface area contributed by atoms with Crippen molar-refractivity contribution in [3.8, 4) is 11.5 Å². The van der Waals surface area contributed by atoms with Crippen LogP contribution in [0.4, 0.5) is 4.79 Å². The topological polar surface area (TPSA) is 126 Å². The molecule has 0 aliphatic carbocycles. The van der Waals surface area contributed by atoms with Crippen LogP contribution in [0.25, 0.3) is 21.1 Å². The van der Waals surface area contributed by atoms with Gasteiger partial charge in [-0.25, -0.2) is 4.79 Å². The van der Waals surface area contributed by atoms with E-state index in [1.807, 2.05) is 57.5 Å². The number of thiophene rings is 1. The molecule has 2 atom stereocenters. The van der Waals surface area contributed by atoms with Crippen LogP contribution in [0.15, 0.2) is 36.5 Å². The lowest BCUT2D eigenvalue weighted by atomic mass is 9.78. The summed E-state index contributed by atoms with van der Waals surface area (Å²) in [7, 11) is 3.54. The minimum atomic E-state index is -1.05. The number of likely N-dealkylation sites (tertiary alicyclic amines) is 1. The molecule has 0 saturated carbocycles. The number of rotatable bonds is 6. The van der Waals surface area contributed by atoms with E-state index in [0.717, 1.165) is 27.7 Å². The lowest BCUT2D eigenvalue weighted by Crippen LogP contribution is -2.49. The molecule has 3 amide bonds. The van der Waals surface area contributed by atoms with Crippen molar-refractivity contribution in [2.75, 3.05) is 20.1 Å². The number of carboxylic acid groups (broad SMARTS) is 1. The smallest absolute Gasteiger partial charge is 0.404 e. The summed E-state index contributed by atoms with van der Waals surface area (Å²) >= 11 is 1.34. The Morgan fingerprint density at radius 2 is 1.95 bits per heavy atom. The van der Waals surface area contributed by atoms with Crippen LogP contribution in [0.3, 0.4) is 0 Å². The number of aromatic nitrogens is 2. The van der Waals surface area contributed by atoms with Crippen LogP contribution in [-0.4, -0.2) is 63.6 Å². The van der Waals surface area contributed by atoms with E-state index in [4.69, 9.17) is 4.74 Å². The lowest BCUT2D eigenvalue weighted by Gasteiger charge is -2.35. The first-order valence-electron chi connectivity index (χ1n) is 13.5. The molecule has 1 aliphatic heterocycles. The van der Waals surface area contributed by atoms with E-state index in [-0.39, 0.29) is 29.2 Å². The summed E-state index contributed by atoms with van der Waals surface area (Å²) in [5.74, 6) is 1.00. The number of nitrogens with one attached hydrogen (secondary N) is 2. The van der Waals surface area contributed by atoms with Crippen LogP contribution < -0.4 is 15.4 Å². The van der Waals surface area contributed by atoms with Crippen LogP contribution >= 0.6 is 11.3 Å². The number of fused-ring (bicyclic) bond motifs is 2. The summed E-state index contributed by atoms with van der Waals surface area (Å²) in [6, 6.07) is 8.93. The summed E-state index contributed by atoms with van der Waals surface area (Å²) in [6.07, 6.45) is 1.34. The summed E-state index contributed by atoms with van der Waals surface area (Å²) in [5.41, 5.74) is 2.77. The van der Waals surface area contributed by atoms with E-state index < -0.39 is 6.09 Å². The fraction of sp³-hybridized carbons (Fsp3) is 0.400. The molecule has 1 aromatic carbocycles. The van der Waals surface area contributed by atoms with Gasteiger partial charge in [0, 0.05) is 62.6 Å². The van der Waals surface area contributed by atoms with Gasteiger partial charge in [0.05, 0.1) is 26.2 Å². The number of carbonyl (C=O) groups excluding carboxylic acids is 2. The van der Waals surface area contributed by atoms with Gasteiger partial charge in [0.15, 0.2) is 0 Å².